The molecule has 5 rings (SSSR count). The Kier molecular flexibility index (Phi) is 6.15. The van der Waals surface area contributed by atoms with E-state index in [4.69, 9.17) is 0 Å². The lowest BCUT2D eigenvalue weighted by Gasteiger charge is -2.15. The summed E-state index contributed by atoms with van der Waals surface area (Å²) in [4.78, 5) is 4.15. The maximum Gasteiger partial charge on any atom is 0.177 e. The van der Waals surface area contributed by atoms with Gasteiger partial charge in [0.1, 0.15) is 17.3 Å². The number of sulfone groups is 1. The number of nitrogens with one attached hydrogen (secondary N) is 1. The van der Waals surface area contributed by atoms with Gasteiger partial charge in [0.05, 0.1) is 4.90 Å². The largest absolute Gasteiger partial charge is 0.364 e. The molecule has 0 saturated carbocycles. The van der Waals surface area contributed by atoms with E-state index < -0.39 is 21.5 Å². The van der Waals surface area contributed by atoms with Gasteiger partial charge in [0.2, 0.25) is 0 Å². The molecule has 0 aliphatic heterocycles. The summed E-state index contributed by atoms with van der Waals surface area (Å²) in [6.07, 6.45) is 3.91. The molecular weight excluding hydrogens is 482 g/mol. The standard InChI is InChI=1S/C27H20F2N4O2S/c1-36(34,35)19-13-18(14-30-15-19)26-21-10-5-9-20(17-7-3-2-4-8-17)25(21)27(33-32-26)31-16-22-23(28)11-6-12-24(22)29/h2-15H,16H2,1H3,(H,31,33). The van der Waals surface area contributed by atoms with Gasteiger partial charge in [-0.15, -0.1) is 10.2 Å². The summed E-state index contributed by atoms with van der Waals surface area (Å²) in [6.45, 7) is -0.143. The summed E-state index contributed by atoms with van der Waals surface area (Å²) in [6, 6.07) is 20.4. The van der Waals surface area contributed by atoms with Gasteiger partial charge in [0.15, 0.2) is 15.7 Å². The van der Waals surface area contributed by atoms with Crippen molar-refractivity contribution in [2.24, 2.45) is 0 Å². The van der Waals surface area contributed by atoms with E-state index >= 15 is 0 Å². The fourth-order valence-electron chi connectivity index (χ4n) is 4.03. The molecule has 5 aromatic rings. The van der Waals surface area contributed by atoms with Crippen LogP contribution in [0.1, 0.15) is 5.56 Å². The van der Waals surface area contributed by atoms with Crippen molar-refractivity contribution in [2.75, 3.05) is 11.6 Å². The van der Waals surface area contributed by atoms with Gasteiger partial charge in [0.25, 0.3) is 0 Å². The highest BCUT2D eigenvalue weighted by Gasteiger charge is 2.18. The first-order chi connectivity index (χ1) is 17.3. The molecular formula is C27H20F2N4O2S. The molecule has 6 nitrogen and oxygen atoms in total. The molecule has 0 bridgehead atoms. The fourth-order valence-corrected chi connectivity index (χ4v) is 4.62. The molecule has 3 aromatic carbocycles. The van der Waals surface area contributed by atoms with Gasteiger partial charge in [-0.1, -0.05) is 54.6 Å². The molecule has 9 heteroatoms. The Morgan fingerprint density at radius 3 is 2.28 bits per heavy atom. The zero-order valence-electron chi connectivity index (χ0n) is 19.1. The van der Waals surface area contributed by atoms with Crippen molar-refractivity contribution in [1.82, 2.24) is 15.2 Å². The lowest BCUT2D eigenvalue weighted by Crippen LogP contribution is -2.08. The molecule has 180 valence electrons. The van der Waals surface area contributed by atoms with Crippen LogP contribution in [0.2, 0.25) is 0 Å². The quantitative estimate of drug-likeness (QED) is 0.323. The monoisotopic (exact) mass is 502 g/mol. The summed E-state index contributed by atoms with van der Waals surface area (Å²) in [5.74, 6) is -0.991. The van der Waals surface area contributed by atoms with Crippen LogP contribution in [0.4, 0.5) is 14.6 Å². The number of hydrogen-bond donors (Lipinski definition) is 1. The van der Waals surface area contributed by atoms with Crippen molar-refractivity contribution in [1.29, 1.82) is 0 Å². The van der Waals surface area contributed by atoms with E-state index in [9.17, 15) is 17.2 Å². The number of nitrogens with zero attached hydrogens (tertiary/aromatic N) is 3. The molecule has 0 fully saturated rings. The van der Waals surface area contributed by atoms with Gasteiger partial charge in [-0.2, -0.15) is 0 Å². The van der Waals surface area contributed by atoms with Gasteiger partial charge in [-0.25, -0.2) is 17.2 Å². The van der Waals surface area contributed by atoms with Gasteiger partial charge in [-0.05, 0) is 29.3 Å². The van der Waals surface area contributed by atoms with Crippen molar-refractivity contribution in [3.8, 4) is 22.4 Å². The van der Waals surface area contributed by atoms with Crippen molar-refractivity contribution in [3.05, 3.63) is 102 Å². The van der Waals surface area contributed by atoms with Gasteiger partial charge >= 0.3 is 0 Å². The summed E-state index contributed by atoms with van der Waals surface area (Å²) >= 11 is 0. The number of aromatic nitrogens is 3. The third kappa shape index (κ3) is 4.52. The first kappa shape index (κ1) is 23.5. The number of rotatable bonds is 6. The SMILES string of the molecule is CS(=O)(=O)c1cncc(-c2nnc(NCc3c(F)cccc3F)c3c(-c4ccccc4)cccc23)c1. The molecule has 0 radical (unpaired) electrons. The van der Waals surface area contributed by atoms with Crippen LogP contribution in [0.25, 0.3) is 33.2 Å². The van der Waals surface area contributed by atoms with E-state index in [1.165, 1.54) is 36.7 Å². The van der Waals surface area contributed by atoms with Crippen LogP contribution in [0.5, 0.6) is 0 Å². The highest BCUT2D eigenvalue weighted by molar-refractivity contribution is 7.90. The highest BCUT2D eigenvalue weighted by Crippen LogP contribution is 2.37. The zero-order chi connectivity index (χ0) is 25.3. The predicted molar refractivity (Wildman–Crippen MR) is 135 cm³/mol. The molecule has 0 aliphatic rings. The first-order valence-electron chi connectivity index (χ1n) is 11.0. The lowest BCUT2D eigenvalue weighted by atomic mass is 9.96. The van der Waals surface area contributed by atoms with Crippen LogP contribution in [-0.2, 0) is 16.4 Å². The minimum atomic E-state index is -3.49. The van der Waals surface area contributed by atoms with Crippen LogP contribution >= 0.6 is 0 Å². The summed E-state index contributed by atoms with van der Waals surface area (Å²) in [5, 5.41) is 13.1. The molecule has 36 heavy (non-hydrogen) atoms. The zero-order valence-corrected chi connectivity index (χ0v) is 19.9. The smallest absolute Gasteiger partial charge is 0.177 e. The number of hydrogen-bond acceptors (Lipinski definition) is 6. The predicted octanol–water partition coefficient (Wildman–Crippen LogP) is 5.65. The number of pyridine rings is 1. The number of halogens is 2. The average Bonchev–Trinajstić information content (AvgIpc) is 2.88. The Labute approximate surface area is 206 Å². The van der Waals surface area contributed by atoms with E-state index in [0.29, 0.717) is 27.8 Å². The molecule has 2 aromatic heterocycles. The topological polar surface area (TPSA) is 84.8 Å². The number of fused-ring (bicyclic) bond motifs is 1. The maximum atomic E-state index is 14.3. The Morgan fingerprint density at radius 2 is 1.56 bits per heavy atom. The van der Waals surface area contributed by atoms with Crippen LogP contribution in [0.15, 0.2) is 90.1 Å². The second-order valence-electron chi connectivity index (χ2n) is 8.23. The molecule has 0 amide bonds. The van der Waals surface area contributed by atoms with Gasteiger partial charge < -0.3 is 5.32 Å². The van der Waals surface area contributed by atoms with Crippen molar-refractivity contribution in [2.45, 2.75) is 11.4 Å². The Hall–Kier alpha value is -4.24. The van der Waals surface area contributed by atoms with Crippen LogP contribution in [-0.4, -0.2) is 29.9 Å². The number of benzene rings is 3. The lowest BCUT2D eigenvalue weighted by molar-refractivity contribution is 0.560. The van der Waals surface area contributed by atoms with E-state index in [1.807, 2.05) is 48.5 Å². The van der Waals surface area contributed by atoms with E-state index in [-0.39, 0.29) is 17.0 Å². The molecule has 0 saturated heterocycles. The summed E-state index contributed by atoms with van der Waals surface area (Å²) in [7, 11) is -3.49. The second kappa shape index (κ2) is 9.43. The van der Waals surface area contributed by atoms with E-state index in [1.54, 1.807) is 0 Å². The summed E-state index contributed by atoms with van der Waals surface area (Å²) < 4.78 is 52.7. The van der Waals surface area contributed by atoms with Crippen molar-refractivity contribution < 1.29 is 17.2 Å². The molecule has 0 spiro atoms. The Balaban J connectivity index is 1.71. The van der Waals surface area contributed by atoms with Gasteiger partial charge in [0, 0.05) is 47.1 Å². The Bertz CT molecular complexity index is 1670. The van der Waals surface area contributed by atoms with Crippen molar-refractivity contribution >= 4 is 26.4 Å². The average molecular weight is 503 g/mol. The molecule has 2 heterocycles. The molecule has 1 N–H and O–H groups in total. The second-order valence-corrected chi connectivity index (χ2v) is 10.2. The number of anilines is 1. The molecule has 0 unspecified atom stereocenters. The summed E-state index contributed by atoms with van der Waals surface area (Å²) in [5.41, 5.74) is 2.53. The first-order valence-corrected chi connectivity index (χ1v) is 12.9. The Morgan fingerprint density at radius 1 is 0.833 bits per heavy atom. The maximum absolute atomic E-state index is 14.3. The van der Waals surface area contributed by atoms with Crippen LogP contribution < -0.4 is 5.32 Å². The van der Waals surface area contributed by atoms with Gasteiger partial charge in [-0.3, -0.25) is 4.98 Å². The molecule has 0 aliphatic carbocycles. The normalized spacial score (nSPS) is 11.5. The third-order valence-corrected chi connectivity index (χ3v) is 6.88. The third-order valence-electron chi connectivity index (χ3n) is 5.80. The molecule has 0 atom stereocenters. The van der Waals surface area contributed by atoms with Crippen molar-refractivity contribution in [3.63, 3.8) is 0 Å². The van der Waals surface area contributed by atoms with Crippen LogP contribution in [0.3, 0.4) is 0 Å². The van der Waals surface area contributed by atoms with E-state index in [2.05, 4.69) is 20.5 Å². The fraction of sp³-hybridized carbons (Fsp3) is 0.0741. The minimum Gasteiger partial charge on any atom is -0.364 e. The van der Waals surface area contributed by atoms with Crippen LogP contribution in [0, 0.1) is 11.6 Å². The highest BCUT2D eigenvalue weighted by atomic mass is 32.2. The minimum absolute atomic E-state index is 0.0615. The van der Waals surface area contributed by atoms with E-state index in [0.717, 1.165) is 17.4 Å².